The van der Waals surface area contributed by atoms with Crippen molar-refractivity contribution in [3.8, 4) is 0 Å². The van der Waals surface area contributed by atoms with E-state index in [0.29, 0.717) is 29.9 Å². The van der Waals surface area contributed by atoms with E-state index in [4.69, 9.17) is 5.73 Å². The smallest absolute Gasteiger partial charge is 0.261 e. The highest BCUT2D eigenvalue weighted by atomic mass is 35.5. The number of hydrogen-bond acceptors (Lipinski definition) is 4. The number of fused-ring (bicyclic) bond motifs is 1. The van der Waals surface area contributed by atoms with Crippen molar-refractivity contribution in [3.05, 3.63) is 35.4 Å². The zero-order chi connectivity index (χ0) is 20.0. The summed E-state index contributed by atoms with van der Waals surface area (Å²) in [5.41, 5.74) is 7.15. The van der Waals surface area contributed by atoms with Gasteiger partial charge in [0.1, 0.15) is 0 Å². The van der Waals surface area contributed by atoms with Crippen LogP contribution in [0.25, 0.3) is 0 Å². The molecule has 7 heteroatoms. The molecule has 0 bridgehead atoms. The zero-order valence-electron chi connectivity index (χ0n) is 17.0. The molecule has 2 N–H and O–H groups in total. The van der Waals surface area contributed by atoms with Gasteiger partial charge in [-0.05, 0) is 57.1 Å². The number of carbonyl (C=O) groups excluding carboxylic acids is 3. The fourth-order valence-corrected chi connectivity index (χ4v) is 5.04. The molecule has 2 heterocycles. The van der Waals surface area contributed by atoms with Crippen LogP contribution in [0.4, 0.5) is 0 Å². The number of nitrogens with zero attached hydrogens (tertiary/aromatic N) is 2. The van der Waals surface area contributed by atoms with Crippen LogP contribution < -0.4 is 5.73 Å². The van der Waals surface area contributed by atoms with Gasteiger partial charge in [-0.2, -0.15) is 0 Å². The molecule has 4 rings (SSSR count). The summed E-state index contributed by atoms with van der Waals surface area (Å²) in [7, 11) is 0. The average molecular weight is 420 g/mol. The Hall–Kier alpha value is -1.92. The molecule has 1 saturated heterocycles. The first-order valence-electron chi connectivity index (χ1n) is 10.4. The zero-order valence-corrected chi connectivity index (χ0v) is 17.9. The van der Waals surface area contributed by atoms with Gasteiger partial charge < -0.3 is 10.6 Å². The highest BCUT2D eigenvalue weighted by molar-refractivity contribution is 6.21. The number of piperidine rings is 1. The predicted octanol–water partition coefficient (Wildman–Crippen LogP) is 2.85. The lowest BCUT2D eigenvalue weighted by atomic mass is 9.82. The number of likely N-dealkylation sites (tertiary alicyclic amines) is 1. The maximum Gasteiger partial charge on any atom is 0.261 e. The highest BCUT2D eigenvalue weighted by Gasteiger charge is 2.42. The molecule has 3 amide bonds. The van der Waals surface area contributed by atoms with Crippen LogP contribution in [0.15, 0.2) is 24.3 Å². The van der Waals surface area contributed by atoms with Crippen molar-refractivity contribution in [1.29, 1.82) is 0 Å². The Morgan fingerprint density at radius 1 is 1.00 bits per heavy atom. The lowest BCUT2D eigenvalue weighted by molar-refractivity contribution is -0.141. The molecular weight excluding hydrogens is 390 g/mol. The summed E-state index contributed by atoms with van der Waals surface area (Å²) in [4.78, 5) is 41.9. The molecule has 3 aliphatic rings. The Bertz CT molecular complexity index is 771. The molecule has 0 aromatic heterocycles. The molecule has 1 aromatic carbocycles. The van der Waals surface area contributed by atoms with Crippen LogP contribution in [0.2, 0.25) is 0 Å². The summed E-state index contributed by atoms with van der Waals surface area (Å²) in [6.45, 7) is 4.91. The normalized spacial score (nSPS) is 32.0. The number of benzene rings is 1. The molecule has 2 aliphatic heterocycles. The van der Waals surface area contributed by atoms with E-state index >= 15 is 0 Å². The van der Waals surface area contributed by atoms with Crippen molar-refractivity contribution in [2.24, 2.45) is 17.6 Å². The van der Waals surface area contributed by atoms with Gasteiger partial charge >= 0.3 is 0 Å². The summed E-state index contributed by atoms with van der Waals surface area (Å²) < 4.78 is 0. The van der Waals surface area contributed by atoms with E-state index in [1.807, 2.05) is 4.90 Å². The van der Waals surface area contributed by atoms with Crippen molar-refractivity contribution >= 4 is 30.1 Å². The number of imide groups is 1. The molecule has 1 aliphatic carbocycles. The predicted molar refractivity (Wildman–Crippen MR) is 113 cm³/mol. The lowest BCUT2D eigenvalue weighted by Crippen LogP contribution is -2.54. The SMILES string of the molecule is CC1CN(C(=O)[C@H]2CC[C@H](N3C(=O)c4ccccc4C3=O)CC2)C(C)CC1N.Cl. The molecular formula is C22H30ClN3O3. The molecule has 2 fully saturated rings. The number of nitrogens with two attached hydrogens (primary N) is 1. The van der Waals surface area contributed by atoms with Gasteiger partial charge in [0.15, 0.2) is 0 Å². The standard InChI is InChI=1S/C22H29N3O3.ClH/c1-13-12-24(14(2)11-19(13)23)20(26)15-7-9-16(10-8-15)25-21(27)17-5-3-4-6-18(17)22(25)28;/h3-6,13-16,19H,7-12,23H2,1-2H3;1H/t13?,14?,15-,16-,19?;. The first kappa shape index (κ1) is 21.8. The number of rotatable bonds is 2. The van der Waals surface area contributed by atoms with Crippen molar-refractivity contribution in [1.82, 2.24) is 9.80 Å². The van der Waals surface area contributed by atoms with Gasteiger partial charge in [-0.25, -0.2) is 0 Å². The van der Waals surface area contributed by atoms with E-state index in [1.54, 1.807) is 24.3 Å². The lowest BCUT2D eigenvalue weighted by Gasteiger charge is -2.43. The number of carbonyl (C=O) groups is 3. The van der Waals surface area contributed by atoms with E-state index in [0.717, 1.165) is 25.8 Å². The van der Waals surface area contributed by atoms with Crippen molar-refractivity contribution < 1.29 is 14.4 Å². The summed E-state index contributed by atoms with van der Waals surface area (Å²) >= 11 is 0. The van der Waals surface area contributed by atoms with Crippen LogP contribution in [0, 0.1) is 11.8 Å². The van der Waals surface area contributed by atoms with Gasteiger partial charge in [0.05, 0.1) is 11.1 Å². The minimum Gasteiger partial charge on any atom is -0.339 e. The van der Waals surface area contributed by atoms with E-state index in [2.05, 4.69) is 13.8 Å². The topological polar surface area (TPSA) is 83.7 Å². The maximum atomic E-state index is 13.1. The van der Waals surface area contributed by atoms with Crippen molar-refractivity contribution in [3.63, 3.8) is 0 Å². The number of amides is 3. The average Bonchev–Trinajstić information content (AvgIpc) is 2.95. The van der Waals surface area contributed by atoms with Gasteiger partial charge in [-0.3, -0.25) is 19.3 Å². The molecule has 3 atom stereocenters. The third-order valence-electron chi connectivity index (χ3n) is 6.88. The van der Waals surface area contributed by atoms with Gasteiger partial charge in [0, 0.05) is 30.6 Å². The molecule has 29 heavy (non-hydrogen) atoms. The van der Waals surface area contributed by atoms with E-state index < -0.39 is 0 Å². The first-order valence-corrected chi connectivity index (χ1v) is 10.4. The molecule has 3 unspecified atom stereocenters. The Balaban J connectivity index is 0.00000240. The Morgan fingerprint density at radius 2 is 1.55 bits per heavy atom. The van der Waals surface area contributed by atoms with Gasteiger partial charge in [0.25, 0.3) is 11.8 Å². The largest absolute Gasteiger partial charge is 0.339 e. The third kappa shape index (κ3) is 3.80. The Labute approximate surface area is 178 Å². The molecule has 6 nitrogen and oxygen atoms in total. The summed E-state index contributed by atoms with van der Waals surface area (Å²) in [5.74, 6) is 0.128. The molecule has 1 aromatic rings. The molecule has 158 valence electrons. The Kier molecular flexibility index (Phi) is 6.34. The van der Waals surface area contributed by atoms with Gasteiger partial charge in [0.2, 0.25) is 5.91 Å². The fraction of sp³-hybridized carbons (Fsp3) is 0.591. The molecule has 1 saturated carbocycles. The Morgan fingerprint density at radius 3 is 2.10 bits per heavy atom. The third-order valence-corrected chi connectivity index (χ3v) is 6.88. The molecule has 0 radical (unpaired) electrons. The quantitative estimate of drug-likeness (QED) is 0.747. The first-order chi connectivity index (χ1) is 13.4. The van der Waals surface area contributed by atoms with Crippen molar-refractivity contribution in [2.45, 2.75) is 64.1 Å². The second kappa shape index (κ2) is 8.44. The summed E-state index contributed by atoms with van der Waals surface area (Å²) in [5, 5.41) is 0. The van der Waals surface area contributed by atoms with Crippen LogP contribution in [0.1, 0.15) is 66.7 Å². The second-order valence-corrected chi connectivity index (χ2v) is 8.75. The number of halogens is 1. The van der Waals surface area contributed by atoms with Gasteiger partial charge in [-0.1, -0.05) is 19.1 Å². The second-order valence-electron chi connectivity index (χ2n) is 8.75. The maximum absolute atomic E-state index is 13.1. The molecule has 0 spiro atoms. The van der Waals surface area contributed by atoms with E-state index in [1.165, 1.54) is 4.90 Å². The monoisotopic (exact) mass is 419 g/mol. The van der Waals surface area contributed by atoms with Crippen LogP contribution in [-0.4, -0.2) is 52.2 Å². The summed E-state index contributed by atoms with van der Waals surface area (Å²) in [6.07, 6.45) is 3.68. The minimum absolute atomic E-state index is 0. The van der Waals surface area contributed by atoms with Crippen LogP contribution >= 0.6 is 12.4 Å². The summed E-state index contributed by atoms with van der Waals surface area (Å²) in [6, 6.07) is 7.23. The minimum atomic E-state index is -0.192. The van der Waals surface area contributed by atoms with Crippen LogP contribution in [0.3, 0.4) is 0 Å². The van der Waals surface area contributed by atoms with Gasteiger partial charge in [-0.15, -0.1) is 12.4 Å². The highest BCUT2D eigenvalue weighted by Crippen LogP contribution is 2.35. The number of hydrogen-bond donors (Lipinski definition) is 1. The fourth-order valence-electron chi connectivity index (χ4n) is 5.04. The van der Waals surface area contributed by atoms with Crippen molar-refractivity contribution in [2.75, 3.05) is 6.54 Å². The van der Waals surface area contributed by atoms with E-state index in [9.17, 15) is 14.4 Å². The van der Waals surface area contributed by atoms with Crippen LogP contribution in [0.5, 0.6) is 0 Å². The van der Waals surface area contributed by atoms with E-state index in [-0.39, 0.29) is 54.2 Å². The van der Waals surface area contributed by atoms with Crippen LogP contribution in [-0.2, 0) is 4.79 Å².